The van der Waals surface area contributed by atoms with Crippen LogP contribution in [0, 0.1) is 13.8 Å². The van der Waals surface area contributed by atoms with E-state index in [0.29, 0.717) is 29.1 Å². The first kappa shape index (κ1) is 15.5. The molecule has 0 saturated heterocycles. The van der Waals surface area contributed by atoms with E-state index in [0.717, 1.165) is 4.47 Å². The van der Waals surface area contributed by atoms with E-state index in [-0.39, 0.29) is 5.56 Å². The van der Waals surface area contributed by atoms with Crippen LogP contribution in [0.5, 0.6) is 0 Å². The van der Waals surface area contributed by atoms with Crippen molar-refractivity contribution in [2.45, 2.75) is 20.8 Å². The second kappa shape index (κ2) is 6.26. The highest BCUT2D eigenvalue weighted by Gasteiger charge is 2.19. The number of aromatic nitrogens is 1. The zero-order valence-corrected chi connectivity index (χ0v) is 13.7. The Labute approximate surface area is 131 Å². The van der Waals surface area contributed by atoms with Crippen LogP contribution in [-0.2, 0) is 4.74 Å². The fourth-order valence-electron chi connectivity index (χ4n) is 2.33. The number of esters is 1. The summed E-state index contributed by atoms with van der Waals surface area (Å²) >= 11 is 3.44. The van der Waals surface area contributed by atoms with Crippen molar-refractivity contribution in [3.63, 3.8) is 0 Å². The molecule has 0 radical (unpaired) electrons. The van der Waals surface area contributed by atoms with Crippen LogP contribution in [0.25, 0.3) is 5.69 Å². The summed E-state index contributed by atoms with van der Waals surface area (Å²) in [5.41, 5.74) is 2.16. The van der Waals surface area contributed by atoms with Crippen molar-refractivity contribution in [2.75, 3.05) is 6.61 Å². The van der Waals surface area contributed by atoms with Crippen molar-refractivity contribution in [1.82, 2.24) is 4.57 Å². The smallest absolute Gasteiger partial charge is 0.340 e. The number of halogens is 1. The zero-order valence-electron chi connectivity index (χ0n) is 12.1. The third kappa shape index (κ3) is 2.93. The molecule has 1 heterocycles. The molecule has 4 nitrogen and oxygen atoms in total. The summed E-state index contributed by atoms with van der Waals surface area (Å²) in [4.78, 5) is 24.5. The van der Waals surface area contributed by atoms with Gasteiger partial charge in [-0.25, -0.2) is 4.79 Å². The number of hydrogen-bond donors (Lipinski definition) is 0. The monoisotopic (exact) mass is 349 g/mol. The molecule has 5 heteroatoms. The number of benzene rings is 1. The largest absolute Gasteiger partial charge is 0.462 e. The third-order valence-electron chi connectivity index (χ3n) is 3.22. The molecule has 0 aliphatic rings. The lowest BCUT2D eigenvalue weighted by Crippen LogP contribution is -2.25. The molecule has 0 aliphatic carbocycles. The Morgan fingerprint density at radius 2 is 1.95 bits per heavy atom. The Balaban J connectivity index is 2.74. The molecule has 0 saturated carbocycles. The van der Waals surface area contributed by atoms with Crippen LogP contribution in [0.3, 0.4) is 0 Å². The van der Waals surface area contributed by atoms with E-state index in [1.807, 2.05) is 24.3 Å². The standard InChI is InChI=1S/C16H16BrNO3/c1-4-21-16(20)15-10(2)9-14(19)18(11(15)3)13-8-6-5-7-12(13)17/h5-9H,4H2,1-3H3. The predicted molar refractivity (Wildman–Crippen MR) is 85.2 cm³/mol. The Kier molecular flexibility index (Phi) is 4.63. The second-order valence-corrected chi connectivity index (χ2v) is 5.49. The number of pyridine rings is 1. The molecule has 0 bridgehead atoms. The number of nitrogens with zero attached hydrogens (tertiary/aromatic N) is 1. The van der Waals surface area contributed by atoms with Crippen molar-refractivity contribution in [2.24, 2.45) is 0 Å². The van der Waals surface area contributed by atoms with Crippen molar-refractivity contribution < 1.29 is 9.53 Å². The molecule has 0 fully saturated rings. The molecule has 1 aromatic carbocycles. The lowest BCUT2D eigenvalue weighted by atomic mass is 10.1. The van der Waals surface area contributed by atoms with Gasteiger partial charge in [-0.15, -0.1) is 0 Å². The minimum Gasteiger partial charge on any atom is -0.462 e. The van der Waals surface area contributed by atoms with Gasteiger partial charge in [0.2, 0.25) is 0 Å². The number of para-hydroxylation sites is 1. The molecule has 0 atom stereocenters. The van der Waals surface area contributed by atoms with Crippen LogP contribution in [0.1, 0.15) is 28.5 Å². The summed E-state index contributed by atoms with van der Waals surface area (Å²) in [7, 11) is 0. The number of hydrogen-bond acceptors (Lipinski definition) is 3. The molecule has 0 N–H and O–H groups in total. The molecule has 0 unspecified atom stereocenters. The van der Waals surface area contributed by atoms with Crippen molar-refractivity contribution in [3.8, 4) is 5.69 Å². The van der Waals surface area contributed by atoms with Gasteiger partial charge in [-0.3, -0.25) is 9.36 Å². The Morgan fingerprint density at radius 3 is 2.57 bits per heavy atom. The predicted octanol–water partition coefficient (Wildman–Crippen LogP) is 3.39. The highest BCUT2D eigenvalue weighted by Crippen LogP contribution is 2.23. The van der Waals surface area contributed by atoms with Gasteiger partial charge in [0, 0.05) is 16.2 Å². The Morgan fingerprint density at radius 1 is 1.29 bits per heavy atom. The quantitative estimate of drug-likeness (QED) is 0.798. The van der Waals surface area contributed by atoms with Crippen molar-refractivity contribution >= 4 is 21.9 Å². The van der Waals surface area contributed by atoms with Crippen LogP contribution >= 0.6 is 15.9 Å². The number of aryl methyl sites for hydroxylation is 1. The number of carbonyl (C=O) groups is 1. The Bertz CT molecular complexity index is 750. The summed E-state index contributed by atoms with van der Waals surface area (Å²) in [6.45, 7) is 5.55. The lowest BCUT2D eigenvalue weighted by molar-refractivity contribution is 0.0523. The first-order valence-corrected chi connectivity index (χ1v) is 7.42. The summed E-state index contributed by atoms with van der Waals surface area (Å²) in [5.74, 6) is -0.409. The van der Waals surface area contributed by atoms with Crippen LogP contribution < -0.4 is 5.56 Å². The first-order valence-electron chi connectivity index (χ1n) is 6.62. The van der Waals surface area contributed by atoms with Crippen LogP contribution in [-0.4, -0.2) is 17.1 Å². The molecule has 0 aliphatic heterocycles. The topological polar surface area (TPSA) is 48.3 Å². The average Bonchev–Trinajstić information content (AvgIpc) is 2.40. The maximum atomic E-state index is 12.3. The third-order valence-corrected chi connectivity index (χ3v) is 3.90. The van der Waals surface area contributed by atoms with E-state index in [1.54, 1.807) is 20.8 Å². The highest BCUT2D eigenvalue weighted by atomic mass is 79.9. The van der Waals surface area contributed by atoms with E-state index in [4.69, 9.17) is 4.74 Å². The van der Waals surface area contributed by atoms with Crippen molar-refractivity contribution in [3.05, 3.63) is 62.0 Å². The average molecular weight is 350 g/mol. The lowest BCUT2D eigenvalue weighted by Gasteiger charge is -2.16. The fourth-order valence-corrected chi connectivity index (χ4v) is 2.79. The Hall–Kier alpha value is -1.88. The molecular weight excluding hydrogens is 334 g/mol. The maximum absolute atomic E-state index is 12.3. The molecule has 1 aromatic heterocycles. The minimum absolute atomic E-state index is 0.176. The summed E-state index contributed by atoms with van der Waals surface area (Å²) in [5, 5.41) is 0. The van der Waals surface area contributed by atoms with Gasteiger partial charge in [0.05, 0.1) is 17.9 Å². The van der Waals surface area contributed by atoms with E-state index in [9.17, 15) is 9.59 Å². The number of ether oxygens (including phenoxy) is 1. The fraction of sp³-hybridized carbons (Fsp3) is 0.250. The first-order chi connectivity index (χ1) is 9.97. The van der Waals surface area contributed by atoms with E-state index >= 15 is 0 Å². The van der Waals surface area contributed by atoms with Gasteiger partial charge in [-0.05, 0) is 54.4 Å². The van der Waals surface area contributed by atoms with Gasteiger partial charge in [0.25, 0.3) is 5.56 Å². The molecule has 2 aromatic rings. The number of carbonyl (C=O) groups excluding carboxylic acids is 1. The normalized spacial score (nSPS) is 10.5. The van der Waals surface area contributed by atoms with Gasteiger partial charge < -0.3 is 4.74 Å². The number of rotatable bonds is 3. The highest BCUT2D eigenvalue weighted by molar-refractivity contribution is 9.10. The van der Waals surface area contributed by atoms with Crippen LogP contribution in [0.4, 0.5) is 0 Å². The van der Waals surface area contributed by atoms with Gasteiger partial charge in [0.1, 0.15) is 0 Å². The summed E-state index contributed by atoms with van der Waals surface area (Å²) in [6.07, 6.45) is 0. The van der Waals surface area contributed by atoms with E-state index < -0.39 is 5.97 Å². The maximum Gasteiger partial charge on any atom is 0.340 e. The van der Waals surface area contributed by atoms with Gasteiger partial charge in [0.15, 0.2) is 0 Å². The van der Waals surface area contributed by atoms with Crippen molar-refractivity contribution in [1.29, 1.82) is 0 Å². The molecule has 0 spiro atoms. The molecule has 0 amide bonds. The van der Waals surface area contributed by atoms with E-state index in [1.165, 1.54) is 10.6 Å². The van der Waals surface area contributed by atoms with Gasteiger partial charge >= 0.3 is 5.97 Å². The molecule has 21 heavy (non-hydrogen) atoms. The minimum atomic E-state index is -0.409. The van der Waals surface area contributed by atoms with Crippen LogP contribution in [0.15, 0.2) is 39.6 Å². The van der Waals surface area contributed by atoms with Crippen LogP contribution in [0.2, 0.25) is 0 Å². The summed E-state index contributed by atoms with van der Waals surface area (Å²) in [6, 6.07) is 8.84. The molecule has 2 rings (SSSR count). The van der Waals surface area contributed by atoms with Gasteiger partial charge in [-0.1, -0.05) is 12.1 Å². The summed E-state index contributed by atoms with van der Waals surface area (Å²) < 4.78 is 7.39. The zero-order chi connectivity index (χ0) is 15.6. The molecular formula is C16H16BrNO3. The van der Waals surface area contributed by atoms with Gasteiger partial charge in [-0.2, -0.15) is 0 Å². The van der Waals surface area contributed by atoms with E-state index in [2.05, 4.69) is 15.9 Å². The SMILES string of the molecule is CCOC(=O)c1c(C)cc(=O)n(-c2ccccc2Br)c1C. The molecule has 110 valence electrons. The second-order valence-electron chi connectivity index (χ2n) is 4.63.